The molecular formula is C52H57BN4. The van der Waals surface area contributed by atoms with Gasteiger partial charge >= 0.3 is 0 Å². The van der Waals surface area contributed by atoms with E-state index in [2.05, 4.69) is 212 Å². The van der Waals surface area contributed by atoms with E-state index in [9.17, 15) is 0 Å². The van der Waals surface area contributed by atoms with Crippen LogP contribution >= 0.6 is 0 Å². The number of rotatable bonds is 6. The minimum Gasteiger partial charge on any atom is -0.320 e. The second-order valence-electron chi connectivity index (χ2n) is 19.1. The summed E-state index contributed by atoms with van der Waals surface area (Å²) in [5.41, 5.74) is 18.1. The zero-order valence-corrected chi connectivity index (χ0v) is 35.8. The highest BCUT2D eigenvalue weighted by Crippen LogP contribution is 2.47. The molecule has 288 valence electrons. The van der Waals surface area contributed by atoms with Gasteiger partial charge in [-0.15, -0.1) is 6.58 Å². The number of fused-ring (bicyclic) bond motifs is 4. The lowest BCUT2D eigenvalue weighted by Gasteiger charge is -2.43. The Morgan fingerprint density at radius 3 is 1.75 bits per heavy atom. The Labute approximate surface area is 341 Å². The number of aromatic nitrogens is 2. The average molecular weight is 749 g/mol. The van der Waals surface area contributed by atoms with Crippen molar-refractivity contribution in [1.82, 2.24) is 9.55 Å². The molecule has 8 rings (SSSR count). The van der Waals surface area contributed by atoms with Gasteiger partial charge in [0.25, 0.3) is 6.71 Å². The molecule has 0 atom stereocenters. The van der Waals surface area contributed by atoms with E-state index >= 15 is 0 Å². The molecule has 0 aliphatic carbocycles. The number of nitrogens with zero attached hydrogens (tertiary/aromatic N) is 4. The van der Waals surface area contributed by atoms with Crippen LogP contribution in [0, 0.1) is 13.8 Å². The Hall–Kier alpha value is -5.55. The Morgan fingerprint density at radius 1 is 0.632 bits per heavy atom. The van der Waals surface area contributed by atoms with E-state index in [4.69, 9.17) is 4.98 Å². The molecule has 0 N–H and O–H groups in total. The van der Waals surface area contributed by atoms with Gasteiger partial charge in [-0.3, -0.25) is 4.90 Å². The summed E-state index contributed by atoms with van der Waals surface area (Å²) in [4.78, 5) is 10.5. The maximum Gasteiger partial charge on any atom is 0.275 e. The molecule has 5 heteroatoms. The summed E-state index contributed by atoms with van der Waals surface area (Å²) < 4.78 is 2.52. The summed E-state index contributed by atoms with van der Waals surface area (Å²) >= 11 is 0. The minimum absolute atomic E-state index is 0.0391. The molecule has 0 saturated carbocycles. The number of para-hydroxylation sites is 1. The molecule has 0 fully saturated rings. The monoisotopic (exact) mass is 748 g/mol. The smallest absolute Gasteiger partial charge is 0.275 e. The number of pyridine rings is 1. The first kappa shape index (κ1) is 38.3. The largest absolute Gasteiger partial charge is 0.320 e. The van der Waals surface area contributed by atoms with Gasteiger partial charge in [0.2, 0.25) is 0 Å². The van der Waals surface area contributed by atoms with Crippen molar-refractivity contribution in [2.24, 2.45) is 0 Å². The van der Waals surface area contributed by atoms with Crippen molar-refractivity contribution in [2.45, 2.75) is 98.8 Å². The van der Waals surface area contributed by atoms with Crippen LogP contribution in [0.15, 0.2) is 122 Å². The fourth-order valence-corrected chi connectivity index (χ4v) is 8.75. The Balaban J connectivity index is 1.52. The van der Waals surface area contributed by atoms with Crippen molar-refractivity contribution in [3.05, 3.63) is 156 Å². The fourth-order valence-electron chi connectivity index (χ4n) is 8.75. The van der Waals surface area contributed by atoms with Gasteiger partial charge in [-0.25, -0.2) is 4.98 Å². The van der Waals surface area contributed by atoms with Crippen LogP contribution in [0.1, 0.15) is 102 Å². The van der Waals surface area contributed by atoms with Gasteiger partial charge in [0, 0.05) is 45.4 Å². The molecule has 0 saturated heterocycles. The van der Waals surface area contributed by atoms with Crippen molar-refractivity contribution in [3.63, 3.8) is 0 Å². The van der Waals surface area contributed by atoms with Crippen LogP contribution in [0.4, 0.5) is 34.3 Å². The molecule has 4 heterocycles. The molecular weight excluding hydrogens is 691 g/mol. The predicted octanol–water partition coefficient (Wildman–Crippen LogP) is 12.1. The molecule has 57 heavy (non-hydrogen) atoms. The Bertz CT molecular complexity index is 2520. The number of benzene rings is 4. The van der Waals surface area contributed by atoms with Gasteiger partial charge in [0.15, 0.2) is 0 Å². The molecule has 0 bridgehead atoms. The van der Waals surface area contributed by atoms with Crippen LogP contribution in [0.2, 0.25) is 0 Å². The van der Waals surface area contributed by atoms with E-state index in [-0.39, 0.29) is 23.0 Å². The van der Waals surface area contributed by atoms with Gasteiger partial charge in [-0.1, -0.05) is 129 Å². The van der Waals surface area contributed by atoms with Crippen molar-refractivity contribution >= 4 is 63.6 Å². The highest BCUT2D eigenvalue weighted by Gasteiger charge is 2.48. The summed E-state index contributed by atoms with van der Waals surface area (Å²) in [5, 5.41) is 0. The number of anilines is 6. The topological polar surface area (TPSA) is 24.3 Å². The van der Waals surface area contributed by atoms with E-state index in [0.717, 1.165) is 35.0 Å². The third-order valence-electron chi connectivity index (χ3n) is 11.9. The molecule has 0 spiro atoms. The molecule has 2 aliphatic rings. The van der Waals surface area contributed by atoms with Crippen LogP contribution in [0.25, 0.3) is 11.8 Å². The lowest BCUT2D eigenvalue weighted by molar-refractivity contribution is 0.590. The lowest BCUT2D eigenvalue weighted by atomic mass is 9.35. The molecule has 0 unspecified atom stereocenters. The van der Waals surface area contributed by atoms with E-state index in [0.29, 0.717) is 0 Å². The van der Waals surface area contributed by atoms with Gasteiger partial charge in [0.1, 0.15) is 5.82 Å². The van der Waals surface area contributed by atoms with E-state index in [1.807, 2.05) is 6.08 Å². The van der Waals surface area contributed by atoms with Crippen molar-refractivity contribution in [3.8, 4) is 5.69 Å². The zero-order chi connectivity index (χ0) is 40.6. The third kappa shape index (κ3) is 6.55. The maximum atomic E-state index is 5.53. The Morgan fingerprint density at radius 2 is 1.19 bits per heavy atom. The van der Waals surface area contributed by atoms with Gasteiger partial charge in [-0.2, -0.15) is 0 Å². The van der Waals surface area contributed by atoms with E-state index in [1.54, 1.807) is 0 Å². The highest BCUT2D eigenvalue weighted by atomic mass is 15.2. The van der Waals surface area contributed by atoms with Crippen molar-refractivity contribution in [1.29, 1.82) is 0 Å². The van der Waals surface area contributed by atoms with Crippen molar-refractivity contribution < 1.29 is 0 Å². The average Bonchev–Trinajstić information content (AvgIpc) is 3.45. The van der Waals surface area contributed by atoms with E-state index < -0.39 is 0 Å². The van der Waals surface area contributed by atoms with Crippen LogP contribution in [-0.2, 0) is 16.2 Å². The normalized spacial score (nSPS) is 13.8. The second-order valence-corrected chi connectivity index (χ2v) is 19.1. The van der Waals surface area contributed by atoms with Gasteiger partial charge in [0.05, 0.1) is 5.69 Å². The Kier molecular flexibility index (Phi) is 9.30. The van der Waals surface area contributed by atoms with Crippen LogP contribution < -0.4 is 26.3 Å². The maximum absolute atomic E-state index is 5.53. The standard InChI is InChI=1S/C52H57BN4/c1-13-14-16-21-43-35(3)47-48(56(43)39-19-17-15-18-20-39)53-42-31-26-38(52(10,11)12)33-44(42)57(41-29-24-37(25-30-41)51(7,8)9)49-46(53)45(32-34(2)54-49)55(47)40-27-22-36(23-28-40)50(4,5)6/h13,15-33H,1,14H2,2-12H3/b21-16-. The first-order chi connectivity index (χ1) is 27.0. The SMILES string of the molecule is C=CC/C=C\c1c(C)c2c(n1-c1ccccc1)B1c3ccc(C(C)(C)C)cc3N(c3ccc(C(C)(C)C)cc3)c3nc(C)cc(c31)N2c1ccc(C(C)(C)C)cc1. The quantitative estimate of drug-likeness (QED) is 0.125. The third-order valence-corrected chi connectivity index (χ3v) is 11.9. The number of allylic oxidation sites excluding steroid dienone is 2. The van der Waals surface area contributed by atoms with Gasteiger partial charge < -0.3 is 9.47 Å². The number of hydrogen-bond donors (Lipinski definition) is 0. The predicted molar refractivity (Wildman–Crippen MR) is 247 cm³/mol. The zero-order valence-electron chi connectivity index (χ0n) is 35.8. The summed E-state index contributed by atoms with van der Waals surface area (Å²) in [6, 6.07) is 38.8. The number of hydrogen-bond acceptors (Lipinski definition) is 3. The number of aryl methyl sites for hydroxylation is 1. The molecule has 0 radical (unpaired) electrons. The highest BCUT2D eigenvalue weighted by molar-refractivity contribution is 7.00. The van der Waals surface area contributed by atoms with Gasteiger partial charge in [-0.05, 0) is 124 Å². The van der Waals surface area contributed by atoms with Crippen molar-refractivity contribution in [2.75, 3.05) is 9.80 Å². The summed E-state index contributed by atoms with van der Waals surface area (Å²) in [6.07, 6.45) is 7.29. The lowest BCUT2D eigenvalue weighted by Crippen LogP contribution is -2.63. The minimum atomic E-state index is -0.0854. The first-order valence-corrected chi connectivity index (χ1v) is 20.5. The van der Waals surface area contributed by atoms with Crippen LogP contribution in [-0.4, -0.2) is 16.3 Å². The molecule has 4 aromatic carbocycles. The molecule has 4 nitrogen and oxygen atoms in total. The first-order valence-electron chi connectivity index (χ1n) is 20.5. The molecule has 2 aromatic heterocycles. The molecule has 6 aromatic rings. The van der Waals surface area contributed by atoms with Crippen LogP contribution in [0.3, 0.4) is 0 Å². The summed E-state index contributed by atoms with van der Waals surface area (Å²) in [7, 11) is 0. The molecule has 0 amide bonds. The van der Waals surface area contributed by atoms with Crippen LogP contribution in [0.5, 0.6) is 0 Å². The molecule has 2 aliphatic heterocycles. The van der Waals surface area contributed by atoms with E-state index in [1.165, 1.54) is 61.5 Å². The summed E-state index contributed by atoms with van der Waals surface area (Å²) in [6.45, 7) is 29.0. The second kappa shape index (κ2) is 13.8. The summed E-state index contributed by atoms with van der Waals surface area (Å²) in [5.74, 6) is 0.987. The fraction of sp³-hybridized carbons (Fsp3) is 0.288.